The molecule has 0 aromatic heterocycles. The molecule has 0 aliphatic carbocycles. The van der Waals surface area contributed by atoms with Crippen LogP contribution in [0.15, 0.2) is 0 Å². The Balaban J connectivity index is 5.18. The molecular formula is C71H138O17P2. The predicted octanol–water partition coefficient (Wildman–Crippen LogP) is 20.5. The lowest BCUT2D eigenvalue weighted by Gasteiger charge is -2.21. The molecule has 5 atom stereocenters. The average Bonchev–Trinajstić information content (AvgIpc) is 3.73. The van der Waals surface area contributed by atoms with Crippen molar-refractivity contribution in [2.24, 2.45) is 5.92 Å². The van der Waals surface area contributed by atoms with Crippen molar-refractivity contribution < 1.29 is 80.2 Å². The number of phosphoric ester groups is 2. The van der Waals surface area contributed by atoms with Crippen molar-refractivity contribution in [2.45, 2.75) is 387 Å². The van der Waals surface area contributed by atoms with E-state index in [4.69, 9.17) is 37.0 Å². The quantitative estimate of drug-likeness (QED) is 0.0222. The molecule has 0 saturated heterocycles. The van der Waals surface area contributed by atoms with Crippen LogP contribution in [0.3, 0.4) is 0 Å². The maximum atomic E-state index is 13.0. The second kappa shape index (κ2) is 64.4. The van der Waals surface area contributed by atoms with E-state index in [0.29, 0.717) is 25.7 Å². The summed E-state index contributed by atoms with van der Waals surface area (Å²) in [5, 5.41) is 10.6. The number of hydrogen-bond acceptors (Lipinski definition) is 15. The summed E-state index contributed by atoms with van der Waals surface area (Å²) in [5.74, 6) is -1.31. The summed E-state index contributed by atoms with van der Waals surface area (Å²) in [6, 6.07) is 0. The minimum absolute atomic E-state index is 0.107. The Labute approximate surface area is 549 Å². The summed E-state index contributed by atoms with van der Waals surface area (Å²) in [7, 11) is -9.89. The molecule has 0 heterocycles. The summed E-state index contributed by atoms with van der Waals surface area (Å²) >= 11 is 0. The first-order chi connectivity index (χ1) is 43.5. The van der Waals surface area contributed by atoms with Gasteiger partial charge in [0.25, 0.3) is 0 Å². The highest BCUT2D eigenvalue weighted by atomic mass is 31.2. The van der Waals surface area contributed by atoms with E-state index in [0.717, 1.165) is 102 Å². The Hall–Kier alpha value is -1.94. The summed E-state index contributed by atoms with van der Waals surface area (Å²) in [5.41, 5.74) is 0. The molecule has 19 heteroatoms. The molecule has 2 unspecified atom stereocenters. The van der Waals surface area contributed by atoms with E-state index in [-0.39, 0.29) is 25.7 Å². The molecule has 0 aromatic rings. The van der Waals surface area contributed by atoms with Gasteiger partial charge in [0.2, 0.25) is 0 Å². The average molecular weight is 1330 g/mol. The minimum atomic E-state index is -4.95. The first-order valence-corrected chi connectivity index (χ1v) is 40.1. The van der Waals surface area contributed by atoms with Crippen molar-refractivity contribution >= 4 is 39.5 Å². The van der Waals surface area contributed by atoms with Crippen LogP contribution >= 0.6 is 15.6 Å². The molecule has 0 radical (unpaired) electrons. The number of hydrogen-bond donors (Lipinski definition) is 3. The molecule has 0 aliphatic rings. The lowest BCUT2D eigenvalue weighted by molar-refractivity contribution is -0.161. The predicted molar refractivity (Wildman–Crippen MR) is 363 cm³/mol. The van der Waals surface area contributed by atoms with Crippen molar-refractivity contribution in [3.05, 3.63) is 0 Å². The molecule has 0 rings (SSSR count). The Morgan fingerprint density at radius 2 is 0.511 bits per heavy atom. The highest BCUT2D eigenvalue weighted by molar-refractivity contribution is 7.47. The Bertz CT molecular complexity index is 1740. The van der Waals surface area contributed by atoms with Gasteiger partial charge in [-0.25, -0.2) is 9.13 Å². The highest BCUT2D eigenvalue weighted by Gasteiger charge is 2.30. The SMILES string of the molecule is CCCCCCCCCCCCCCC(=O)OC[C@H](COP(=O)(O)OC[C@@H](O)COP(=O)(O)OC[C@@H](COC(=O)CCCCCCCCCC)OC(=O)CCCCCCCCCCCCC)OC(=O)CCCCCCCCCCCCCCCCCCC(C)C. The normalized spacial score (nSPS) is 14.1. The topological polar surface area (TPSA) is 237 Å². The van der Waals surface area contributed by atoms with Crippen molar-refractivity contribution in [3.8, 4) is 0 Å². The summed E-state index contributed by atoms with van der Waals surface area (Å²) in [4.78, 5) is 72.5. The van der Waals surface area contributed by atoms with E-state index in [1.807, 2.05) is 0 Å². The molecule has 17 nitrogen and oxygen atoms in total. The Morgan fingerprint density at radius 1 is 0.300 bits per heavy atom. The van der Waals surface area contributed by atoms with Crippen molar-refractivity contribution in [3.63, 3.8) is 0 Å². The molecule has 90 heavy (non-hydrogen) atoms. The Morgan fingerprint density at radius 3 is 0.756 bits per heavy atom. The van der Waals surface area contributed by atoms with Crippen LogP contribution in [0.5, 0.6) is 0 Å². The van der Waals surface area contributed by atoms with E-state index < -0.39 is 97.5 Å². The fourth-order valence-corrected chi connectivity index (χ4v) is 12.4. The van der Waals surface area contributed by atoms with Gasteiger partial charge in [-0.05, 0) is 31.6 Å². The zero-order valence-electron chi connectivity index (χ0n) is 58.3. The second-order valence-corrected chi connectivity index (χ2v) is 29.0. The highest BCUT2D eigenvalue weighted by Crippen LogP contribution is 2.45. The van der Waals surface area contributed by atoms with Gasteiger partial charge in [-0.15, -0.1) is 0 Å². The number of carbonyl (C=O) groups excluding carboxylic acids is 4. The zero-order chi connectivity index (χ0) is 66.3. The van der Waals surface area contributed by atoms with E-state index >= 15 is 0 Å². The number of aliphatic hydroxyl groups excluding tert-OH is 1. The van der Waals surface area contributed by atoms with Crippen LogP contribution in [0.25, 0.3) is 0 Å². The number of rotatable bonds is 71. The molecule has 0 aliphatic heterocycles. The smallest absolute Gasteiger partial charge is 0.462 e. The lowest BCUT2D eigenvalue weighted by Crippen LogP contribution is -2.30. The Kier molecular flexibility index (Phi) is 63.0. The van der Waals surface area contributed by atoms with Crippen molar-refractivity contribution in [2.75, 3.05) is 39.6 Å². The lowest BCUT2D eigenvalue weighted by atomic mass is 10.0. The van der Waals surface area contributed by atoms with Gasteiger partial charge in [-0.2, -0.15) is 0 Å². The van der Waals surface area contributed by atoms with Gasteiger partial charge >= 0.3 is 39.5 Å². The minimum Gasteiger partial charge on any atom is -0.462 e. The largest absolute Gasteiger partial charge is 0.472 e. The third-order valence-electron chi connectivity index (χ3n) is 16.5. The summed E-state index contributed by atoms with van der Waals surface area (Å²) < 4.78 is 68.2. The molecule has 0 aromatic carbocycles. The number of phosphoric acid groups is 2. The van der Waals surface area contributed by atoms with Gasteiger partial charge in [0, 0.05) is 25.7 Å². The molecule has 0 spiro atoms. The monoisotopic (exact) mass is 1320 g/mol. The second-order valence-electron chi connectivity index (χ2n) is 26.1. The number of unbranched alkanes of at least 4 members (excludes halogenated alkanes) is 43. The summed E-state index contributed by atoms with van der Waals surface area (Å²) in [6.07, 6.45) is 51.3. The van der Waals surface area contributed by atoms with Crippen LogP contribution in [0.2, 0.25) is 0 Å². The summed E-state index contributed by atoms with van der Waals surface area (Å²) in [6.45, 7) is 7.26. The molecular weight excluding hydrogens is 1190 g/mol. The van der Waals surface area contributed by atoms with Gasteiger partial charge in [0.05, 0.1) is 26.4 Å². The van der Waals surface area contributed by atoms with Crippen molar-refractivity contribution in [1.82, 2.24) is 0 Å². The number of ether oxygens (including phenoxy) is 4. The third-order valence-corrected chi connectivity index (χ3v) is 18.4. The van der Waals surface area contributed by atoms with Crippen LogP contribution in [-0.2, 0) is 65.4 Å². The van der Waals surface area contributed by atoms with E-state index in [9.17, 15) is 43.2 Å². The van der Waals surface area contributed by atoms with Gasteiger partial charge in [0.15, 0.2) is 12.2 Å². The standard InChI is InChI=1S/C71H138O17P2/c1-6-9-12-15-18-21-23-32-35-40-45-50-55-69(74)82-61-67(88-71(76)57-52-47-42-37-33-29-27-25-24-26-28-31-34-38-43-48-53-64(4)5)63-86-90(79,80)84-59-65(72)58-83-89(77,78)85-62-66(60-81-68(73)54-49-44-39-20-17-14-11-8-3)87-70(75)56-51-46-41-36-30-22-19-16-13-10-7-2/h64-67,72H,6-63H2,1-5H3,(H,77,78)(H,79,80)/t65-,66+,67+/m0/s1. The van der Waals surface area contributed by atoms with E-state index in [2.05, 4.69) is 34.6 Å². The molecule has 0 fully saturated rings. The third kappa shape index (κ3) is 64.8. The van der Waals surface area contributed by atoms with Gasteiger partial charge in [0.1, 0.15) is 19.3 Å². The maximum Gasteiger partial charge on any atom is 0.472 e. The van der Waals surface area contributed by atoms with Gasteiger partial charge < -0.3 is 33.8 Å². The number of carbonyl (C=O) groups is 4. The maximum absolute atomic E-state index is 13.0. The zero-order valence-corrected chi connectivity index (χ0v) is 60.1. The fraction of sp³-hybridized carbons (Fsp3) is 0.944. The number of aliphatic hydroxyl groups is 1. The van der Waals surface area contributed by atoms with Gasteiger partial charge in [-0.3, -0.25) is 37.3 Å². The molecule has 0 amide bonds. The van der Waals surface area contributed by atoms with Gasteiger partial charge in [-0.1, -0.05) is 317 Å². The fourth-order valence-electron chi connectivity index (χ4n) is 10.8. The first-order valence-electron chi connectivity index (χ1n) is 37.1. The van der Waals surface area contributed by atoms with Crippen LogP contribution < -0.4 is 0 Å². The van der Waals surface area contributed by atoms with Crippen molar-refractivity contribution in [1.29, 1.82) is 0 Å². The number of esters is 4. The van der Waals surface area contributed by atoms with Crippen LogP contribution in [-0.4, -0.2) is 96.7 Å². The molecule has 3 N–H and O–H groups in total. The van der Waals surface area contributed by atoms with Crippen LogP contribution in [0.4, 0.5) is 0 Å². The molecule has 0 bridgehead atoms. The first kappa shape index (κ1) is 88.1. The van der Waals surface area contributed by atoms with E-state index in [1.54, 1.807) is 0 Å². The molecule has 534 valence electrons. The van der Waals surface area contributed by atoms with Crippen LogP contribution in [0.1, 0.15) is 369 Å². The molecule has 0 saturated carbocycles. The van der Waals surface area contributed by atoms with E-state index in [1.165, 1.54) is 186 Å². The van der Waals surface area contributed by atoms with Crippen LogP contribution in [0, 0.1) is 5.92 Å².